The summed E-state index contributed by atoms with van der Waals surface area (Å²) in [6, 6.07) is 7.40. The number of benzene rings is 1. The summed E-state index contributed by atoms with van der Waals surface area (Å²) in [6.45, 7) is 7.58. The Bertz CT molecular complexity index is 1330. The van der Waals surface area contributed by atoms with Gasteiger partial charge >= 0.3 is 0 Å². The first-order valence-electron chi connectivity index (χ1n) is 11.4. The van der Waals surface area contributed by atoms with Crippen molar-refractivity contribution >= 4 is 65.6 Å². The van der Waals surface area contributed by atoms with E-state index in [9.17, 15) is 13.2 Å². The number of carbonyl (C=O) groups is 1. The zero-order valence-electron chi connectivity index (χ0n) is 19.2. The largest absolute Gasteiger partial charge is 0.345 e. The second kappa shape index (κ2) is 9.39. The summed E-state index contributed by atoms with van der Waals surface area (Å²) in [6.07, 6.45) is 1.39. The number of anilines is 1. The molecule has 3 aromatic rings. The van der Waals surface area contributed by atoms with Crippen molar-refractivity contribution in [3.05, 3.63) is 39.7 Å². The van der Waals surface area contributed by atoms with E-state index < -0.39 is 10.0 Å². The number of aryl methyl sites for hydroxylation is 2. The van der Waals surface area contributed by atoms with Crippen LogP contribution in [-0.2, 0) is 14.8 Å². The van der Waals surface area contributed by atoms with E-state index in [2.05, 4.69) is 30.9 Å². The molecule has 182 valence electrons. The van der Waals surface area contributed by atoms with Gasteiger partial charge in [0.1, 0.15) is 4.21 Å². The van der Waals surface area contributed by atoms with Crippen LogP contribution in [0.15, 0.2) is 28.5 Å². The van der Waals surface area contributed by atoms with Crippen LogP contribution < -0.4 is 4.90 Å². The van der Waals surface area contributed by atoms with Gasteiger partial charge in [0.05, 0.1) is 20.5 Å². The lowest BCUT2D eigenvalue weighted by atomic mass is 9.98. The number of hydrogen-bond acceptors (Lipinski definition) is 7. The van der Waals surface area contributed by atoms with Crippen LogP contribution in [0.5, 0.6) is 0 Å². The number of sulfonamides is 1. The van der Waals surface area contributed by atoms with Gasteiger partial charge in [0, 0.05) is 39.3 Å². The molecule has 0 saturated carbocycles. The number of rotatable bonds is 4. The van der Waals surface area contributed by atoms with Crippen LogP contribution in [-0.4, -0.2) is 67.8 Å². The van der Waals surface area contributed by atoms with Gasteiger partial charge in [0.25, 0.3) is 10.0 Å². The van der Waals surface area contributed by atoms with Crippen molar-refractivity contribution in [3.63, 3.8) is 0 Å². The Morgan fingerprint density at radius 1 is 1.06 bits per heavy atom. The lowest BCUT2D eigenvalue weighted by Crippen LogP contribution is -2.53. The van der Waals surface area contributed by atoms with Crippen LogP contribution in [0.4, 0.5) is 5.13 Å². The number of nitrogens with zero attached hydrogens (tertiary/aromatic N) is 4. The molecule has 0 spiro atoms. The van der Waals surface area contributed by atoms with E-state index in [-0.39, 0.29) is 22.6 Å². The number of piperidine rings is 1. The molecule has 4 heterocycles. The maximum absolute atomic E-state index is 13.3. The van der Waals surface area contributed by atoms with Gasteiger partial charge in [-0.15, -0.1) is 11.3 Å². The molecule has 0 bridgehead atoms. The molecule has 5 rings (SSSR count). The molecule has 1 amide bonds. The lowest BCUT2D eigenvalue weighted by Gasteiger charge is -2.38. The minimum atomic E-state index is -3.62. The average Bonchev–Trinajstić information content (AvgIpc) is 3.48. The standard InChI is InChI=1S/C23H27ClN4O3S3/c1-15-5-6-18-21(16(15)2)25-23(32-18)27-12-10-26(11-13-27)22(29)17-4-3-9-28(14-17)34(30,31)20-8-7-19(24)33-20/h5-8,17H,3-4,9-14H2,1-2H3. The number of thiophene rings is 1. The molecule has 0 N–H and O–H groups in total. The van der Waals surface area contributed by atoms with E-state index in [0.717, 1.165) is 35.1 Å². The highest BCUT2D eigenvalue weighted by Gasteiger charge is 2.36. The van der Waals surface area contributed by atoms with Crippen LogP contribution in [0.25, 0.3) is 10.2 Å². The Kier molecular flexibility index (Phi) is 6.62. The van der Waals surface area contributed by atoms with Gasteiger partial charge in [-0.3, -0.25) is 4.79 Å². The topological polar surface area (TPSA) is 73.8 Å². The summed E-state index contributed by atoms with van der Waals surface area (Å²) >= 11 is 8.70. The minimum Gasteiger partial charge on any atom is -0.345 e. The molecule has 1 aromatic carbocycles. The lowest BCUT2D eigenvalue weighted by molar-refractivity contribution is -0.137. The summed E-state index contributed by atoms with van der Waals surface area (Å²) in [5.41, 5.74) is 3.52. The summed E-state index contributed by atoms with van der Waals surface area (Å²) in [4.78, 5) is 22.3. The van der Waals surface area contributed by atoms with Gasteiger partial charge in [0.15, 0.2) is 5.13 Å². The Hall–Kier alpha value is -1.72. The number of amides is 1. The van der Waals surface area contributed by atoms with Crippen molar-refractivity contribution in [2.75, 3.05) is 44.2 Å². The molecule has 1 unspecified atom stereocenters. The van der Waals surface area contributed by atoms with Crippen LogP contribution in [0.2, 0.25) is 4.34 Å². The summed E-state index contributed by atoms with van der Waals surface area (Å²) in [5, 5.41) is 1.00. The van der Waals surface area contributed by atoms with E-state index in [4.69, 9.17) is 16.6 Å². The SMILES string of the molecule is Cc1ccc2sc(N3CCN(C(=O)C4CCCN(S(=O)(=O)c5ccc(Cl)s5)C4)CC3)nc2c1C. The van der Waals surface area contributed by atoms with Gasteiger partial charge in [-0.1, -0.05) is 29.0 Å². The molecule has 2 aromatic heterocycles. The maximum atomic E-state index is 13.3. The highest BCUT2D eigenvalue weighted by Crippen LogP contribution is 2.33. The fourth-order valence-electron chi connectivity index (χ4n) is 4.65. The molecule has 2 fully saturated rings. The van der Waals surface area contributed by atoms with Gasteiger partial charge in [0.2, 0.25) is 5.91 Å². The predicted octanol–water partition coefficient (Wildman–Crippen LogP) is 4.38. The second-order valence-electron chi connectivity index (χ2n) is 8.92. The quantitative estimate of drug-likeness (QED) is 0.493. The third-order valence-corrected chi connectivity index (χ3v) is 11.5. The average molecular weight is 539 g/mol. The monoisotopic (exact) mass is 538 g/mol. The molecule has 7 nitrogen and oxygen atoms in total. The molecule has 2 aliphatic heterocycles. The van der Waals surface area contributed by atoms with Crippen molar-refractivity contribution in [1.29, 1.82) is 0 Å². The fourth-order valence-corrected chi connectivity index (χ4v) is 8.89. The summed E-state index contributed by atoms with van der Waals surface area (Å²) in [5.74, 6) is -0.252. The Balaban J connectivity index is 1.23. The number of hydrogen-bond donors (Lipinski definition) is 0. The molecular weight excluding hydrogens is 512 g/mol. The van der Waals surface area contributed by atoms with Crippen molar-refractivity contribution in [2.24, 2.45) is 5.92 Å². The number of fused-ring (bicyclic) bond motifs is 1. The van der Waals surface area contributed by atoms with E-state index in [1.807, 2.05) is 4.90 Å². The molecule has 34 heavy (non-hydrogen) atoms. The highest BCUT2D eigenvalue weighted by atomic mass is 35.5. The van der Waals surface area contributed by atoms with Crippen molar-refractivity contribution < 1.29 is 13.2 Å². The zero-order valence-corrected chi connectivity index (χ0v) is 22.4. The van der Waals surface area contributed by atoms with Crippen molar-refractivity contribution in [3.8, 4) is 0 Å². The number of halogens is 1. The third-order valence-electron chi connectivity index (χ3n) is 6.81. The minimum absolute atomic E-state index is 0.0551. The number of piperazine rings is 1. The van der Waals surface area contributed by atoms with Gasteiger partial charge < -0.3 is 9.80 Å². The first-order chi connectivity index (χ1) is 16.2. The van der Waals surface area contributed by atoms with Crippen LogP contribution in [0.3, 0.4) is 0 Å². The fraction of sp³-hybridized carbons (Fsp3) is 0.478. The van der Waals surface area contributed by atoms with Crippen molar-refractivity contribution in [2.45, 2.75) is 30.9 Å². The number of thiazole rings is 1. The van der Waals surface area contributed by atoms with E-state index >= 15 is 0 Å². The third kappa shape index (κ3) is 4.46. The predicted molar refractivity (Wildman–Crippen MR) is 139 cm³/mol. The number of aromatic nitrogens is 1. The molecular formula is C23H27ClN4O3S3. The molecule has 0 aliphatic carbocycles. The van der Waals surface area contributed by atoms with E-state index in [1.54, 1.807) is 17.4 Å². The van der Waals surface area contributed by atoms with Crippen LogP contribution in [0.1, 0.15) is 24.0 Å². The molecule has 11 heteroatoms. The molecule has 0 radical (unpaired) electrons. The highest BCUT2D eigenvalue weighted by molar-refractivity contribution is 7.91. The first kappa shape index (κ1) is 24.0. The molecule has 2 aliphatic rings. The Morgan fingerprint density at radius 2 is 1.82 bits per heavy atom. The Morgan fingerprint density at radius 3 is 2.53 bits per heavy atom. The zero-order chi connectivity index (χ0) is 24.0. The summed E-state index contributed by atoms with van der Waals surface area (Å²) < 4.78 is 29.3. The van der Waals surface area contributed by atoms with Crippen LogP contribution in [0, 0.1) is 19.8 Å². The Labute approximate surface area is 213 Å². The van der Waals surface area contributed by atoms with Gasteiger partial charge in [-0.05, 0) is 56.0 Å². The van der Waals surface area contributed by atoms with E-state index in [1.165, 1.54) is 26.2 Å². The van der Waals surface area contributed by atoms with Gasteiger partial charge in [-0.25, -0.2) is 13.4 Å². The number of carbonyl (C=O) groups excluding carboxylic acids is 1. The second-order valence-corrected chi connectivity index (χ2v) is 13.8. The van der Waals surface area contributed by atoms with E-state index in [0.29, 0.717) is 36.8 Å². The first-order valence-corrected chi connectivity index (χ1v) is 14.8. The molecule has 2 saturated heterocycles. The van der Waals surface area contributed by atoms with Crippen LogP contribution >= 0.6 is 34.3 Å². The van der Waals surface area contributed by atoms with Gasteiger partial charge in [-0.2, -0.15) is 4.31 Å². The maximum Gasteiger partial charge on any atom is 0.252 e. The molecule has 1 atom stereocenters. The summed E-state index contributed by atoms with van der Waals surface area (Å²) in [7, 11) is -3.62. The van der Waals surface area contributed by atoms with Crippen molar-refractivity contribution in [1.82, 2.24) is 14.2 Å². The normalized spacial score (nSPS) is 20.3. The smallest absolute Gasteiger partial charge is 0.252 e.